The topological polar surface area (TPSA) is 56.6 Å². The van der Waals surface area contributed by atoms with Gasteiger partial charge in [0.25, 0.3) is 5.91 Å². The van der Waals surface area contributed by atoms with Gasteiger partial charge < -0.3 is 18.9 Å². The van der Waals surface area contributed by atoms with Crippen LogP contribution >= 0.6 is 0 Å². The number of rotatable bonds is 6. The molecule has 6 heteroatoms. The van der Waals surface area contributed by atoms with E-state index in [0.717, 1.165) is 22.7 Å². The Morgan fingerprint density at radius 3 is 2.52 bits per heavy atom. The standard InChI is InChI=1S/C27H25N3O3/c1-29-16-15-28-26(29)18-30(17-21-19-32-24-13-7-8-14-25(24)33-21)27(31)23-12-6-5-11-22(23)20-9-3-2-4-10-20/h2-16,21H,17-19H2,1H3. The molecule has 0 fully saturated rings. The van der Waals surface area contributed by atoms with Crippen LogP contribution in [-0.2, 0) is 13.6 Å². The molecular formula is C27H25N3O3. The summed E-state index contributed by atoms with van der Waals surface area (Å²) in [4.78, 5) is 20.1. The Bertz CT molecular complexity index is 1250. The number of hydrogen-bond acceptors (Lipinski definition) is 4. The van der Waals surface area contributed by atoms with Crippen molar-refractivity contribution in [1.82, 2.24) is 14.5 Å². The number of carbonyl (C=O) groups excluding carboxylic acids is 1. The molecule has 1 atom stereocenters. The van der Waals surface area contributed by atoms with Crippen LogP contribution in [0.1, 0.15) is 16.2 Å². The average Bonchev–Trinajstić information content (AvgIpc) is 3.28. The summed E-state index contributed by atoms with van der Waals surface area (Å²) in [7, 11) is 1.93. The largest absolute Gasteiger partial charge is 0.486 e. The molecule has 0 bridgehead atoms. The molecule has 1 amide bonds. The highest BCUT2D eigenvalue weighted by Crippen LogP contribution is 2.31. The molecule has 0 spiro atoms. The number of amides is 1. The predicted octanol–water partition coefficient (Wildman–Crippen LogP) is 4.57. The zero-order valence-electron chi connectivity index (χ0n) is 18.4. The maximum atomic E-state index is 13.9. The smallest absolute Gasteiger partial charge is 0.255 e. The molecule has 6 nitrogen and oxygen atoms in total. The zero-order valence-corrected chi connectivity index (χ0v) is 18.4. The third-order valence-corrected chi connectivity index (χ3v) is 5.77. The highest BCUT2D eigenvalue weighted by Gasteiger charge is 2.28. The minimum atomic E-state index is -0.284. The summed E-state index contributed by atoms with van der Waals surface area (Å²) >= 11 is 0. The van der Waals surface area contributed by atoms with E-state index in [0.29, 0.717) is 31.0 Å². The molecule has 166 valence electrons. The Kier molecular flexibility index (Phi) is 5.81. The van der Waals surface area contributed by atoms with Crippen molar-refractivity contribution in [3.63, 3.8) is 0 Å². The summed E-state index contributed by atoms with van der Waals surface area (Å²) in [5, 5.41) is 0. The fraction of sp³-hybridized carbons (Fsp3) is 0.185. The van der Waals surface area contributed by atoms with E-state index in [-0.39, 0.29) is 12.0 Å². The van der Waals surface area contributed by atoms with Crippen molar-refractivity contribution in [1.29, 1.82) is 0 Å². The van der Waals surface area contributed by atoms with Crippen LogP contribution in [0.25, 0.3) is 11.1 Å². The molecule has 0 N–H and O–H groups in total. The van der Waals surface area contributed by atoms with E-state index >= 15 is 0 Å². The molecule has 0 radical (unpaired) electrons. The van der Waals surface area contributed by atoms with Crippen molar-refractivity contribution in [2.24, 2.45) is 7.05 Å². The van der Waals surface area contributed by atoms with Crippen LogP contribution in [0.4, 0.5) is 0 Å². The Labute approximate surface area is 193 Å². The number of nitrogens with zero attached hydrogens (tertiary/aromatic N) is 3. The van der Waals surface area contributed by atoms with Crippen LogP contribution in [0.3, 0.4) is 0 Å². The van der Waals surface area contributed by atoms with Gasteiger partial charge >= 0.3 is 0 Å². The van der Waals surface area contributed by atoms with Gasteiger partial charge in [-0.05, 0) is 29.3 Å². The average molecular weight is 440 g/mol. The van der Waals surface area contributed by atoms with E-state index < -0.39 is 0 Å². The van der Waals surface area contributed by atoms with Gasteiger partial charge in [0.2, 0.25) is 0 Å². The van der Waals surface area contributed by atoms with E-state index in [9.17, 15) is 4.79 Å². The number of fused-ring (bicyclic) bond motifs is 1. The van der Waals surface area contributed by atoms with Gasteiger partial charge in [-0.2, -0.15) is 0 Å². The Hall–Kier alpha value is -4.06. The van der Waals surface area contributed by atoms with E-state index in [2.05, 4.69) is 4.98 Å². The van der Waals surface area contributed by atoms with Gasteiger partial charge in [0.15, 0.2) is 17.6 Å². The van der Waals surface area contributed by atoms with Gasteiger partial charge in [-0.1, -0.05) is 60.7 Å². The molecule has 5 rings (SSSR count). The lowest BCUT2D eigenvalue weighted by atomic mass is 9.98. The van der Waals surface area contributed by atoms with Crippen molar-refractivity contribution in [2.45, 2.75) is 12.6 Å². The Morgan fingerprint density at radius 1 is 1.00 bits per heavy atom. The third-order valence-electron chi connectivity index (χ3n) is 5.77. The zero-order chi connectivity index (χ0) is 22.6. The first-order chi connectivity index (χ1) is 16.2. The van der Waals surface area contributed by atoms with Crippen LogP contribution in [0.2, 0.25) is 0 Å². The lowest BCUT2D eigenvalue weighted by molar-refractivity contribution is 0.0437. The van der Waals surface area contributed by atoms with E-state index in [1.807, 2.05) is 96.7 Å². The molecule has 1 aliphatic heterocycles. The number of hydrogen-bond donors (Lipinski definition) is 0. The Balaban J connectivity index is 1.45. The van der Waals surface area contributed by atoms with E-state index in [1.165, 1.54) is 0 Å². The first kappa shape index (κ1) is 20.8. The van der Waals surface area contributed by atoms with Gasteiger partial charge in [-0.25, -0.2) is 4.98 Å². The summed E-state index contributed by atoms with van der Waals surface area (Å²) in [5.41, 5.74) is 2.55. The molecular weight excluding hydrogens is 414 g/mol. The van der Waals surface area contributed by atoms with Crippen LogP contribution in [-0.4, -0.2) is 39.6 Å². The number of ether oxygens (including phenoxy) is 2. The second-order valence-corrected chi connectivity index (χ2v) is 8.05. The fourth-order valence-electron chi connectivity index (χ4n) is 4.05. The number of carbonyl (C=O) groups is 1. The first-order valence-corrected chi connectivity index (χ1v) is 11.0. The first-order valence-electron chi connectivity index (χ1n) is 11.0. The minimum Gasteiger partial charge on any atom is -0.486 e. The number of aromatic nitrogens is 2. The lowest BCUT2D eigenvalue weighted by Gasteiger charge is -2.31. The number of para-hydroxylation sites is 2. The minimum absolute atomic E-state index is 0.0695. The molecule has 4 aromatic rings. The van der Waals surface area contributed by atoms with Gasteiger partial charge in [0.05, 0.1) is 13.1 Å². The summed E-state index contributed by atoms with van der Waals surface area (Å²) in [6, 6.07) is 25.3. The molecule has 0 saturated heterocycles. The maximum absolute atomic E-state index is 13.9. The summed E-state index contributed by atoms with van der Waals surface area (Å²) in [6.07, 6.45) is 3.34. The number of aryl methyl sites for hydroxylation is 1. The number of imidazole rings is 1. The second-order valence-electron chi connectivity index (χ2n) is 8.05. The van der Waals surface area contributed by atoms with Crippen molar-refractivity contribution < 1.29 is 14.3 Å². The molecule has 3 aromatic carbocycles. The highest BCUT2D eigenvalue weighted by atomic mass is 16.6. The predicted molar refractivity (Wildman–Crippen MR) is 126 cm³/mol. The summed E-state index contributed by atoms with van der Waals surface area (Å²) in [5.74, 6) is 2.16. The van der Waals surface area contributed by atoms with Crippen molar-refractivity contribution in [2.75, 3.05) is 13.2 Å². The molecule has 33 heavy (non-hydrogen) atoms. The van der Waals surface area contributed by atoms with E-state index in [1.54, 1.807) is 11.1 Å². The SMILES string of the molecule is Cn1ccnc1CN(CC1COc2ccccc2O1)C(=O)c1ccccc1-c1ccccc1. The molecule has 2 heterocycles. The second kappa shape index (κ2) is 9.20. The van der Waals surface area contributed by atoms with E-state index in [4.69, 9.17) is 9.47 Å². The van der Waals surface area contributed by atoms with Crippen molar-refractivity contribution in [3.8, 4) is 22.6 Å². The molecule has 1 aliphatic rings. The molecule has 0 aliphatic carbocycles. The van der Waals surface area contributed by atoms with Crippen molar-refractivity contribution >= 4 is 5.91 Å². The Morgan fingerprint density at radius 2 is 1.73 bits per heavy atom. The fourth-order valence-corrected chi connectivity index (χ4v) is 4.05. The molecule has 0 saturated carbocycles. The quantitative estimate of drug-likeness (QED) is 0.442. The van der Waals surface area contributed by atoms with Crippen LogP contribution in [0.15, 0.2) is 91.3 Å². The van der Waals surface area contributed by atoms with Crippen molar-refractivity contribution in [3.05, 3.63) is 103 Å². The van der Waals surface area contributed by atoms with Crippen LogP contribution in [0, 0.1) is 0 Å². The number of benzene rings is 3. The van der Waals surface area contributed by atoms with Gasteiger partial charge in [0.1, 0.15) is 12.4 Å². The van der Waals surface area contributed by atoms with Gasteiger partial charge in [-0.3, -0.25) is 4.79 Å². The molecule has 1 aromatic heterocycles. The molecule has 1 unspecified atom stereocenters. The van der Waals surface area contributed by atoms with Gasteiger partial charge in [-0.15, -0.1) is 0 Å². The summed E-state index contributed by atoms with van der Waals surface area (Å²) in [6.45, 7) is 1.12. The van der Waals surface area contributed by atoms with Crippen LogP contribution < -0.4 is 9.47 Å². The van der Waals surface area contributed by atoms with Crippen LogP contribution in [0.5, 0.6) is 11.5 Å². The third kappa shape index (κ3) is 4.46. The monoisotopic (exact) mass is 439 g/mol. The van der Waals surface area contributed by atoms with Gasteiger partial charge in [0, 0.05) is 25.0 Å². The summed E-state index contributed by atoms with van der Waals surface area (Å²) < 4.78 is 14.0. The normalized spacial score (nSPS) is 14.6. The maximum Gasteiger partial charge on any atom is 0.255 e. The highest BCUT2D eigenvalue weighted by molar-refractivity contribution is 6.00. The lowest BCUT2D eigenvalue weighted by Crippen LogP contribution is -2.43.